The Hall–Kier alpha value is -2.43. The second kappa shape index (κ2) is 12.3. The van der Waals surface area contributed by atoms with E-state index in [1.165, 1.54) is 5.57 Å². The van der Waals surface area contributed by atoms with E-state index in [0.29, 0.717) is 13.2 Å². The third-order valence-corrected chi connectivity index (χ3v) is 5.23. The molecule has 0 saturated carbocycles. The number of piperidine rings is 1. The van der Waals surface area contributed by atoms with Gasteiger partial charge in [-0.1, -0.05) is 6.08 Å². The number of methoxy groups -OCH3 is 1. The number of aromatic nitrogens is 2. The summed E-state index contributed by atoms with van der Waals surface area (Å²) < 4.78 is 12.3. The van der Waals surface area contributed by atoms with Gasteiger partial charge in [0.05, 0.1) is 19.8 Å². The third-order valence-electron chi connectivity index (χ3n) is 5.23. The number of amides is 1. The number of aryl methyl sites for hydroxylation is 1. The molecule has 0 aliphatic carbocycles. The number of hydrogen-bond donors (Lipinski definition) is 3. The first kappa shape index (κ1) is 23.8. The van der Waals surface area contributed by atoms with E-state index >= 15 is 0 Å². The molecule has 2 aliphatic rings. The molecule has 0 bridgehead atoms. The number of likely N-dealkylation sites (tertiary alicyclic amines) is 1. The van der Waals surface area contributed by atoms with Gasteiger partial charge in [-0.25, -0.2) is 0 Å². The summed E-state index contributed by atoms with van der Waals surface area (Å²) >= 11 is 0. The van der Waals surface area contributed by atoms with E-state index in [1.54, 1.807) is 11.8 Å². The van der Waals surface area contributed by atoms with Crippen molar-refractivity contribution in [2.24, 2.45) is 7.05 Å². The highest BCUT2D eigenvalue weighted by atomic mass is 16.5. The zero-order chi connectivity index (χ0) is 21.8. The second-order valence-corrected chi connectivity index (χ2v) is 7.42. The van der Waals surface area contributed by atoms with Crippen molar-refractivity contribution < 1.29 is 24.2 Å². The van der Waals surface area contributed by atoms with Crippen LogP contribution in [0.4, 0.5) is 5.82 Å². The third kappa shape index (κ3) is 7.12. The van der Waals surface area contributed by atoms with Crippen molar-refractivity contribution in [1.29, 1.82) is 0 Å². The normalized spacial score (nSPS) is 18.5. The SMILES string of the molecule is COCCNC(=O)C1(Nc2ccn(C)n2)CCN(CC2=CCCOC2)CC1.O=CO. The first-order valence-electron chi connectivity index (χ1n) is 10.1. The molecule has 30 heavy (non-hydrogen) atoms. The molecule has 1 fully saturated rings. The smallest absolute Gasteiger partial charge is 0.290 e. The van der Waals surface area contributed by atoms with Crippen LogP contribution in [0.1, 0.15) is 19.3 Å². The number of rotatable bonds is 8. The molecule has 10 heteroatoms. The molecular weight excluding hydrogens is 390 g/mol. The molecule has 168 valence electrons. The van der Waals surface area contributed by atoms with E-state index in [2.05, 4.69) is 26.7 Å². The number of hydrogen-bond acceptors (Lipinski definition) is 7. The van der Waals surface area contributed by atoms with Gasteiger partial charge in [0.1, 0.15) is 11.4 Å². The highest BCUT2D eigenvalue weighted by Crippen LogP contribution is 2.27. The van der Waals surface area contributed by atoms with E-state index < -0.39 is 5.54 Å². The fourth-order valence-corrected chi connectivity index (χ4v) is 3.67. The lowest BCUT2D eigenvalue weighted by atomic mass is 9.86. The topological polar surface area (TPSA) is 118 Å². The standard InChI is InChI=1S/C19H31N5O3.CH2O2/c1-23-9-5-17(22-23)21-19(18(25)20-8-13-26-2)6-10-24(11-7-19)14-16-4-3-12-27-15-16;2-1-3/h4-5,9H,3,6-8,10-15H2,1-2H3,(H,20,25)(H,21,22);1H,(H,2,3). The van der Waals surface area contributed by atoms with E-state index in [0.717, 1.165) is 57.9 Å². The number of carboxylic acid groups (broad SMARTS) is 1. The van der Waals surface area contributed by atoms with Crippen LogP contribution in [0.5, 0.6) is 0 Å². The van der Waals surface area contributed by atoms with Crippen molar-refractivity contribution in [3.63, 3.8) is 0 Å². The highest BCUT2D eigenvalue weighted by molar-refractivity contribution is 5.89. The van der Waals surface area contributed by atoms with Crippen LogP contribution in [0.25, 0.3) is 0 Å². The van der Waals surface area contributed by atoms with Crippen LogP contribution in [-0.4, -0.2) is 90.8 Å². The predicted octanol–water partition coefficient (Wildman–Crippen LogP) is 0.477. The summed E-state index contributed by atoms with van der Waals surface area (Å²) in [7, 11) is 3.51. The Balaban J connectivity index is 0.00000101. The van der Waals surface area contributed by atoms with Gasteiger partial charge in [0.25, 0.3) is 6.47 Å². The highest BCUT2D eigenvalue weighted by Gasteiger charge is 2.41. The molecule has 10 nitrogen and oxygen atoms in total. The Bertz CT molecular complexity index is 698. The minimum Gasteiger partial charge on any atom is -0.483 e. The predicted molar refractivity (Wildman–Crippen MR) is 112 cm³/mol. The summed E-state index contributed by atoms with van der Waals surface area (Å²) in [6, 6.07) is 1.90. The molecule has 1 aromatic heterocycles. The van der Waals surface area contributed by atoms with Gasteiger partial charge in [-0.3, -0.25) is 19.2 Å². The van der Waals surface area contributed by atoms with E-state index in [-0.39, 0.29) is 12.4 Å². The molecule has 0 aromatic carbocycles. The van der Waals surface area contributed by atoms with Gasteiger partial charge < -0.3 is 25.2 Å². The molecular formula is C20H33N5O5. The fourth-order valence-electron chi connectivity index (χ4n) is 3.67. The maximum atomic E-state index is 13.0. The molecule has 0 unspecified atom stereocenters. The lowest BCUT2D eigenvalue weighted by molar-refractivity contribution is -0.127. The Labute approximate surface area is 177 Å². The van der Waals surface area contributed by atoms with Crippen LogP contribution >= 0.6 is 0 Å². The monoisotopic (exact) mass is 423 g/mol. The maximum absolute atomic E-state index is 13.0. The number of ether oxygens (including phenoxy) is 2. The number of carbonyl (C=O) groups is 2. The average molecular weight is 424 g/mol. The molecule has 3 N–H and O–H groups in total. The number of nitrogens with one attached hydrogen (secondary N) is 2. The Morgan fingerprint density at radius 2 is 2.17 bits per heavy atom. The van der Waals surface area contributed by atoms with Crippen molar-refractivity contribution in [2.45, 2.75) is 24.8 Å². The van der Waals surface area contributed by atoms with Gasteiger partial charge >= 0.3 is 0 Å². The number of carbonyl (C=O) groups excluding carboxylic acids is 1. The first-order valence-corrected chi connectivity index (χ1v) is 10.1. The molecule has 3 heterocycles. The fraction of sp³-hybridized carbons (Fsp3) is 0.650. The number of nitrogens with zero attached hydrogens (tertiary/aromatic N) is 3. The van der Waals surface area contributed by atoms with Gasteiger partial charge in [-0.15, -0.1) is 0 Å². The molecule has 1 aromatic rings. The largest absolute Gasteiger partial charge is 0.483 e. The summed E-state index contributed by atoms with van der Waals surface area (Å²) in [6.45, 7) is 4.95. The first-order chi connectivity index (χ1) is 14.5. The van der Waals surface area contributed by atoms with Crippen LogP contribution in [0, 0.1) is 0 Å². The van der Waals surface area contributed by atoms with Crippen LogP contribution in [0.2, 0.25) is 0 Å². The molecule has 1 saturated heterocycles. The molecule has 0 radical (unpaired) electrons. The van der Waals surface area contributed by atoms with Gasteiger partial charge in [-0.2, -0.15) is 5.10 Å². The molecule has 0 spiro atoms. The zero-order valence-electron chi connectivity index (χ0n) is 17.8. The summed E-state index contributed by atoms with van der Waals surface area (Å²) in [5.41, 5.74) is 0.701. The van der Waals surface area contributed by atoms with E-state index in [9.17, 15) is 4.79 Å². The second-order valence-electron chi connectivity index (χ2n) is 7.42. The van der Waals surface area contributed by atoms with Crippen molar-refractivity contribution in [2.75, 3.05) is 58.4 Å². The average Bonchev–Trinajstić information content (AvgIpc) is 3.15. The van der Waals surface area contributed by atoms with Crippen molar-refractivity contribution in [1.82, 2.24) is 20.0 Å². The minimum absolute atomic E-state index is 0.0186. The lowest BCUT2D eigenvalue weighted by Crippen LogP contribution is -2.59. The van der Waals surface area contributed by atoms with Crippen molar-refractivity contribution in [3.05, 3.63) is 23.9 Å². The van der Waals surface area contributed by atoms with Crippen LogP contribution < -0.4 is 10.6 Å². The van der Waals surface area contributed by atoms with Gasteiger partial charge in [-0.05, 0) is 24.8 Å². The summed E-state index contributed by atoms with van der Waals surface area (Å²) in [4.78, 5) is 23.8. The quantitative estimate of drug-likeness (QED) is 0.314. The Morgan fingerprint density at radius 1 is 1.43 bits per heavy atom. The van der Waals surface area contributed by atoms with Gasteiger partial charge in [0.15, 0.2) is 0 Å². The molecule has 2 aliphatic heterocycles. The summed E-state index contributed by atoms with van der Waals surface area (Å²) in [5, 5.41) is 17.7. The zero-order valence-corrected chi connectivity index (χ0v) is 17.8. The molecule has 3 rings (SSSR count). The Kier molecular flexibility index (Phi) is 9.78. The van der Waals surface area contributed by atoms with Crippen molar-refractivity contribution >= 4 is 18.2 Å². The molecule has 0 atom stereocenters. The maximum Gasteiger partial charge on any atom is 0.290 e. The van der Waals surface area contributed by atoms with Crippen LogP contribution in [-0.2, 0) is 26.1 Å². The Morgan fingerprint density at radius 3 is 2.73 bits per heavy atom. The summed E-state index contributed by atoms with van der Waals surface area (Å²) in [6.07, 6.45) is 6.63. The van der Waals surface area contributed by atoms with Crippen LogP contribution in [0.15, 0.2) is 23.9 Å². The van der Waals surface area contributed by atoms with Gasteiger partial charge in [0.2, 0.25) is 5.91 Å². The summed E-state index contributed by atoms with van der Waals surface area (Å²) in [5.74, 6) is 0.751. The van der Waals surface area contributed by atoms with Crippen LogP contribution in [0.3, 0.4) is 0 Å². The lowest BCUT2D eigenvalue weighted by Gasteiger charge is -2.41. The molecule has 1 amide bonds. The minimum atomic E-state index is -0.643. The van der Waals surface area contributed by atoms with E-state index in [4.69, 9.17) is 19.4 Å². The number of anilines is 1. The van der Waals surface area contributed by atoms with E-state index in [1.807, 2.05) is 19.3 Å². The van der Waals surface area contributed by atoms with Gasteiger partial charge in [0, 0.05) is 52.6 Å². The van der Waals surface area contributed by atoms with Crippen molar-refractivity contribution in [3.8, 4) is 0 Å².